The predicted octanol–water partition coefficient (Wildman–Crippen LogP) is 7.33. The third-order valence-electron chi connectivity index (χ3n) is 9.62. The van der Waals surface area contributed by atoms with E-state index in [0.29, 0.717) is 61.9 Å². The average Bonchev–Trinajstić information content (AvgIpc) is 3.15. The Hall–Kier alpha value is -4.36. The van der Waals surface area contributed by atoms with Gasteiger partial charge in [-0.15, -0.1) is 0 Å². The van der Waals surface area contributed by atoms with E-state index in [9.17, 15) is 18.0 Å². The van der Waals surface area contributed by atoms with Crippen LogP contribution in [0.25, 0.3) is 0 Å². The molecule has 4 heterocycles. The van der Waals surface area contributed by atoms with Gasteiger partial charge in [0.2, 0.25) is 0 Å². The van der Waals surface area contributed by atoms with Crippen molar-refractivity contribution in [1.29, 1.82) is 0 Å². The van der Waals surface area contributed by atoms with E-state index in [2.05, 4.69) is 9.88 Å². The first kappa shape index (κ1) is 38.4. The molecule has 3 aromatic carbocycles. The third-order valence-corrected chi connectivity index (χ3v) is 11.1. The molecule has 0 aliphatic carbocycles. The summed E-state index contributed by atoms with van der Waals surface area (Å²) in [5.41, 5.74) is 3.22. The number of ether oxygens (including phenoxy) is 4. The fraction of sp³-hybridized carbons (Fsp3) is 0.359. The lowest BCUT2D eigenvalue weighted by Crippen LogP contribution is -2.53. The molecule has 2 atom stereocenters. The molecule has 3 saturated heterocycles. The fourth-order valence-corrected chi connectivity index (χ4v) is 8.17. The summed E-state index contributed by atoms with van der Waals surface area (Å²) in [6.07, 6.45) is 4.66. The van der Waals surface area contributed by atoms with Gasteiger partial charge in [-0.2, -0.15) is 0 Å². The number of aromatic nitrogens is 1. The second kappa shape index (κ2) is 16.8. The SMILES string of the molecule is COc1ccc([C@H](Cc2c(Cl)cncc2Cl)OC(=O)c2cccc(CN(C(=O)O[C@H]3CN4CCC3CC4)c3ccc(CS(C)(=O)=O)cc3)c2)cc1OC. The van der Waals surface area contributed by atoms with Crippen LogP contribution >= 0.6 is 23.2 Å². The molecular formula is C39H41Cl2N3O8S. The Morgan fingerprint density at radius 2 is 1.62 bits per heavy atom. The number of hydrogen-bond donors (Lipinski definition) is 0. The van der Waals surface area contributed by atoms with Crippen LogP contribution in [0.2, 0.25) is 10.0 Å². The number of pyridine rings is 1. The quantitative estimate of drug-likeness (QED) is 0.127. The van der Waals surface area contributed by atoms with Crippen molar-refractivity contribution >= 4 is 50.8 Å². The summed E-state index contributed by atoms with van der Waals surface area (Å²) in [5.74, 6) is 0.534. The number of sulfone groups is 1. The van der Waals surface area contributed by atoms with E-state index in [4.69, 9.17) is 42.1 Å². The molecule has 1 aromatic heterocycles. The van der Waals surface area contributed by atoms with Crippen LogP contribution in [0, 0.1) is 5.92 Å². The lowest BCUT2D eigenvalue weighted by atomic mass is 9.86. The van der Waals surface area contributed by atoms with Crippen molar-refractivity contribution in [3.05, 3.63) is 117 Å². The second-order valence-corrected chi connectivity index (χ2v) is 16.3. The molecule has 0 spiro atoms. The van der Waals surface area contributed by atoms with Gasteiger partial charge in [0.15, 0.2) is 21.3 Å². The lowest BCUT2D eigenvalue weighted by Gasteiger charge is -2.44. The Balaban J connectivity index is 1.26. The molecule has 53 heavy (non-hydrogen) atoms. The number of carbonyl (C=O) groups excluding carboxylic acids is 2. The Morgan fingerprint density at radius 1 is 0.925 bits per heavy atom. The van der Waals surface area contributed by atoms with Crippen molar-refractivity contribution in [2.45, 2.75) is 43.8 Å². The van der Waals surface area contributed by atoms with Gasteiger partial charge in [-0.1, -0.05) is 53.5 Å². The molecule has 4 aromatic rings. The van der Waals surface area contributed by atoms with Crippen LogP contribution in [0.3, 0.4) is 0 Å². The van der Waals surface area contributed by atoms with Gasteiger partial charge in [0.1, 0.15) is 12.2 Å². The summed E-state index contributed by atoms with van der Waals surface area (Å²) in [6, 6.07) is 18.9. The second-order valence-electron chi connectivity index (χ2n) is 13.4. The highest BCUT2D eigenvalue weighted by Crippen LogP contribution is 2.36. The molecule has 7 rings (SSSR count). The summed E-state index contributed by atoms with van der Waals surface area (Å²) in [7, 11) is -0.197. The van der Waals surface area contributed by atoms with Crippen molar-refractivity contribution in [3.63, 3.8) is 0 Å². The molecule has 0 radical (unpaired) electrons. The van der Waals surface area contributed by atoms with Crippen LogP contribution in [-0.2, 0) is 38.0 Å². The monoisotopic (exact) mass is 781 g/mol. The summed E-state index contributed by atoms with van der Waals surface area (Å²) in [5, 5.41) is 0.659. The number of halogens is 2. The van der Waals surface area contributed by atoms with Crippen LogP contribution < -0.4 is 14.4 Å². The van der Waals surface area contributed by atoms with E-state index in [1.54, 1.807) is 60.7 Å². The molecule has 3 aliphatic heterocycles. The molecule has 0 saturated carbocycles. The highest BCUT2D eigenvalue weighted by atomic mass is 35.5. The van der Waals surface area contributed by atoms with Crippen molar-refractivity contribution in [2.24, 2.45) is 5.92 Å². The number of amides is 1. The normalized spacial score (nSPS) is 18.5. The van der Waals surface area contributed by atoms with Gasteiger partial charge in [-0.3, -0.25) is 14.8 Å². The van der Waals surface area contributed by atoms with Gasteiger partial charge in [-0.05, 0) is 90.5 Å². The zero-order valence-corrected chi connectivity index (χ0v) is 32.0. The van der Waals surface area contributed by atoms with Crippen molar-refractivity contribution < 1.29 is 37.0 Å². The maximum absolute atomic E-state index is 13.9. The lowest BCUT2D eigenvalue weighted by molar-refractivity contribution is -0.0311. The Kier molecular flexibility index (Phi) is 12.1. The van der Waals surface area contributed by atoms with E-state index >= 15 is 0 Å². The van der Waals surface area contributed by atoms with Crippen LogP contribution in [-0.4, -0.2) is 76.6 Å². The Bertz CT molecular complexity index is 2040. The summed E-state index contributed by atoms with van der Waals surface area (Å²) < 4.78 is 47.0. The molecule has 11 nitrogen and oxygen atoms in total. The number of hydrogen-bond acceptors (Lipinski definition) is 10. The average molecular weight is 783 g/mol. The molecule has 3 fully saturated rings. The minimum absolute atomic E-state index is 0.0772. The van der Waals surface area contributed by atoms with Crippen LogP contribution in [0.15, 0.2) is 79.1 Å². The molecule has 2 bridgehead atoms. The number of benzene rings is 3. The van der Waals surface area contributed by atoms with Gasteiger partial charge in [0.25, 0.3) is 0 Å². The van der Waals surface area contributed by atoms with Gasteiger partial charge in [-0.25, -0.2) is 18.0 Å². The van der Waals surface area contributed by atoms with E-state index in [1.165, 1.54) is 37.8 Å². The molecule has 3 aliphatic rings. The maximum atomic E-state index is 13.9. The Labute approximate surface area is 319 Å². The van der Waals surface area contributed by atoms with Crippen LogP contribution in [0.1, 0.15) is 51.6 Å². The summed E-state index contributed by atoms with van der Waals surface area (Å²) >= 11 is 13.0. The molecular weight excluding hydrogens is 741 g/mol. The number of carbonyl (C=O) groups is 2. The van der Waals surface area contributed by atoms with E-state index in [0.717, 1.165) is 25.9 Å². The van der Waals surface area contributed by atoms with Gasteiger partial charge >= 0.3 is 12.1 Å². The minimum atomic E-state index is -3.25. The predicted molar refractivity (Wildman–Crippen MR) is 203 cm³/mol. The number of anilines is 1. The first-order chi connectivity index (χ1) is 25.4. The largest absolute Gasteiger partial charge is 0.493 e. The van der Waals surface area contributed by atoms with Crippen molar-refractivity contribution in [2.75, 3.05) is 45.0 Å². The molecule has 280 valence electrons. The van der Waals surface area contributed by atoms with Crippen molar-refractivity contribution in [1.82, 2.24) is 9.88 Å². The zero-order chi connectivity index (χ0) is 37.7. The number of rotatable bonds is 13. The van der Waals surface area contributed by atoms with Gasteiger partial charge in [0, 0.05) is 37.3 Å². The highest BCUT2D eigenvalue weighted by Gasteiger charge is 2.37. The molecule has 14 heteroatoms. The molecule has 0 unspecified atom stereocenters. The third kappa shape index (κ3) is 9.61. The van der Waals surface area contributed by atoms with Gasteiger partial charge < -0.3 is 18.9 Å². The van der Waals surface area contributed by atoms with E-state index in [1.807, 2.05) is 6.07 Å². The first-order valence-corrected chi connectivity index (χ1v) is 20.0. The number of nitrogens with zero attached hydrogens (tertiary/aromatic N) is 3. The number of esters is 1. The smallest absolute Gasteiger partial charge is 0.414 e. The zero-order valence-electron chi connectivity index (χ0n) is 29.7. The van der Waals surface area contributed by atoms with Crippen LogP contribution in [0.5, 0.6) is 11.5 Å². The highest BCUT2D eigenvalue weighted by molar-refractivity contribution is 7.89. The maximum Gasteiger partial charge on any atom is 0.414 e. The van der Waals surface area contributed by atoms with Crippen LogP contribution in [0.4, 0.5) is 10.5 Å². The van der Waals surface area contributed by atoms with E-state index < -0.39 is 28.0 Å². The molecule has 0 N–H and O–H groups in total. The summed E-state index contributed by atoms with van der Waals surface area (Å²) in [4.78, 5) is 35.6. The standard InChI is InChI=1S/C39H41Cl2N3O8S/c1-49-34-12-9-28(18-36(34)50-2)35(19-31-32(40)20-42-21-33(31)41)51-38(45)29-6-4-5-26(17-29)22-44(30-10-7-25(8-11-30)24-53(3,47)48)39(46)52-37-23-43-15-13-27(37)14-16-43/h4-12,17-18,20-21,27,35,37H,13-16,19,22-24H2,1-3H3/t35-,37-/m0/s1. The topological polar surface area (TPSA) is 125 Å². The number of piperidine rings is 3. The number of methoxy groups -OCH3 is 2. The Morgan fingerprint density at radius 3 is 2.25 bits per heavy atom. The fourth-order valence-electron chi connectivity index (χ4n) is 6.85. The summed E-state index contributed by atoms with van der Waals surface area (Å²) in [6.45, 7) is 2.77. The molecule has 1 amide bonds. The van der Waals surface area contributed by atoms with Gasteiger partial charge in [0.05, 0.1) is 42.1 Å². The number of fused-ring (bicyclic) bond motifs is 3. The minimum Gasteiger partial charge on any atom is -0.493 e. The van der Waals surface area contributed by atoms with Crippen molar-refractivity contribution in [3.8, 4) is 11.5 Å². The first-order valence-electron chi connectivity index (χ1n) is 17.2. The van der Waals surface area contributed by atoms with E-state index in [-0.39, 0.29) is 30.4 Å².